The highest BCUT2D eigenvalue weighted by Crippen LogP contribution is 2.21. The molecule has 0 bridgehead atoms. The van der Waals surface area contributed by atoms with E-state index in [1.54, 1.807) is 0 Å². The minimum Gasteiger partial charge on any atom is -0.0944 e. The van der Waals surface area contributed by atoms with Crippen LogP contribution in [0.5, 0.6) is 0 Å². The summed E-state index contributed by atoms with van der Waals surface area (Å²) in [6, 6.07) is 5.94. The van der Waals surface area contributed by atoms with Gasteiger partial charge in [-0.05, 0) is 29.7 Å². The Kier molecular flexibility index (Phi) is 3.36. The third-order valence-electron chi connectivity index (χ3n) is 1.73. The van der Waals surface area contributed by atoms with Crippen molar-refractivity contribution in [3.8, 4) is 0 Å². The molecule has 2 heteroatoms. The van der Waals surface area contributed by atoms with Crippen molar-refractivity contribution in [2.75, 3.05) is 5.33 Å². The molecular weight excluding hydrogens is 235 g/mol. The van der Waals surface area contributed by atoms with Crippen LogP contribution in [0.4, 0.5) is 0 Å². The first-order valence-corrected chi connectivity index (χ1v) is 5.15. The molecule has 0 saturated heterocycles. The summed E-state index contributed by atoms with van der Waals surface area (Å²) in [6.45, 7) is 5.92. The number of allylic oxidation sites excluding steroid dienone is 1. The minimum atomic E-state index is 0.800. The number of hydrogen-bond acceptors (Lipinski definition) is 0. The van der Waals surface area contributed by atoms with Crippen molar-refractivity contribution >= 4 is 33.1 Å². The first-order valence-electron chi connectivity index (χ1n) is 3.65. The fourth-order valence-corrected chi connectivity index (χ4v) is 1.38. The normalized spacial score (nSPS) is 9.92. The molecule has 12 heavy (non-hydrogen) atoms. The van der Waals surface area contributed by atoms with Gasteiger partial charge in [0.1, 0.15) is 0 Å². The quantitative estimate of drug-likeness (QED) is 0.690. The molecule has 0 radical (unpaired) electrons. The predicted octanol–water partition coefficient (Wildman–Crippen LogP) is 4.06. The molecule has 0 atom stereocenters. The number of hydrogen-bond donors (Lipinski definition) is 0. The van der Waals surface area contributed by atoms with Gasteiger partial charge in [0.15, 0.2) is 0 Å². The smallest absolute Gasteiger partial charge is 0.0435 e. The van der Waals surface area contributed by atoms with Gasteiger partial charge in [-0.25, -0.2) is 0 Å². The van der Waals surface area contributed by atoms with Crippen LogP contribution < -0.4 is 0 Å². The van der Waals surface area contributed by atoms with Gasteiger partial charge >= 0.3 is 0 Å². The summed E-state index contributed by atoms with van der Waals surface area (Å²) < 4.78 is 0. The lowest BCUT2D eigenvalue weighted by molar-refractivity contribution is 1.44. The number of rotatable bonds is 2. The molecule has 0 aromatic heterocycles. The molecule has 1 aromatic carbocycles. The fraction of sp³-hybridized carbons (Fsp3) is 0.200. The standard InChI is InChI=1S/C10H10BrCl/c1-7-5-9(8(2)6-11)3-4-10(7)12/h3-5H,2,6H2,1H3. The lowest BCUT2D eigenvalue weighted by Gasteiger charge is -2.04. The molecule has 0 heterocycles. The number of halogens is 2. The average Bonchev–Trinajstić information content (AvgIpc) is 2.08. The molecule has 0 aliphatic rings. The van der Waals surface area contributed by atoms with Crippen molar-refractivity contribution in [3.63, 3.8) is 0 Å². The van der Waals surface area contributed by atoms with E-state index in [9.17, 15) is 0 Å². The van der Waals surface area contributed by atoms with Crippen LogP contribution in [0.3, 0.4) is 0 Å². The average molecular weight is 246 g/mol. The van der Waals surface area contributed by atoms with E-state index in [4.69, 9.17) is 11.6 Å². The van der Waals surface area contributed by atoms with E-state index in [1.165, 1.54) is 0 Å². The van der Waals surface area contributed by atoms with Gasteiger partial charge in [-0.3, -0.25) is 0 Å². The molecule has 64 valence electrons. The van der Waals surface area contributed by atoms with Crippen LogP contribution in [0.25, 0.3) is 5.57 Å². The van der Waals surface area contributed by atoms with Crippen LogP contribution in [0.2, 0.25) is 5.02 Å². The molecule has 0 aliphatic heterocycles. The molecule has 0 nitrogen and oxygen atoms in total. The second kappa shape index (κ2) is 4.11. The largest absolute Gasteiger partial charge is 0.0944 e. The highest BCUT2D eigenvalue weighted by Gasteiger charge is 1.99. The van der Waals surface area contributed by atoms with Gasteiger partial charge < -0.3 is 0 Å². The fourth-order valence-electron chi connectivity index (χ4n) is 0.942. The summed E-state index contributed by atoms with van der Waals surface area (Å²) in [5, 5.41) is 1.61. The molecule has 1 rings (SSSR count). The lowest BCUT2D eigenvalue weighted by Crippen LogP contribution is -1.85. The Bertz CT molecular complexity index is 305. The van der Waals surface area contributed by atoms with Crippen molar-refractivity contribution in [1.29, 1.82) is 0 Å². The van der Waals surface area contributed by atoms with Crippen molar-refractivity contribution < 1.29 is 0 Å². The number of alkyl halides is 1. The van der Waals surface area contributed by atoms with Gasteiger partial charge in [-0.15, -0.1) is 0 Å². The maximum Gasteiger partial charge on any atom is 0.0435 e. The molecule has 0 saturated carbocycles. The van der Waals surface area contributed by atoms with Crippen molar-refractivity contribution in [2.24, 2.45) is 0 Å². The van der Waals surface area contributed by atoms with Crippen molar-refractivity contribution in [3.05, 3.63) is 40.9 Å². The van der Waals surface area contributed by atoms with E-state index in [0.29, 0.717) is 0 Å². The van der Waals surface area contributed by atoms with Gasteiger partial charge in [0.05, 0.1) is 0 Å². The summed E-state index contributed by atoms with van der Waals surface area (Å²) in [5.41, 5.74) is 3.32. The maximum absolute atomic E-state index is 5.89. The van der Waals surface area contributed by atoms with Crippen molar-refractivity contribution in [1.82, 2.24) is 0 Å². The summed E-state index contributed by atoms with van der Waals surface area (Å²) in [4.78, 5) is 0. The maximum atomic E-state index is 5.89. The zero-order valence-corrected chi connectivity index (χ0v) is 9.24. The first-order chi connectivity index (χ1) is 5.65. The van der Waals surface area contributed by atoms with E-state index < -0.39 is 0 Å². The zero-order chi connectivity index (χ0) is 9.14. The number of aryl methyl sites for hydroxylation is 1. The van der Waals surface area contributed by atoms with E-state index >= 15 is 0 Å². The third kappa shape index (κ3) is 2.11. The Balaban J connectivity index is 3.05. The van der Waals surface area contributed by atoms with E-state index in [2.05, 4.69) is 22.5 Å². The van der Waals surface area contributed by atoms with Crippen LogP contribution in [0.15, 0.2) is 24.8 Å². The molecule has 0 spiro atoms. The number of benzene rings is 1. The zero-order valence-electron chi connectivity index (χ0n) is 6.90. The second-order valence-corrected chi connectivity index (χ2v) is 3.67. The Morgan fingerprint density at radius 2 is 2.25 bits per heavy atom. The van der Waals surface area contributed by atoms with Crippen LogP contribution in [0.1, 0.15) is 11.1 Å². The molecular formula is C10H10BrCl. The summed E-state index contributed by atoms with van der Waals surface area (Å²) in [5.74, 6) is 0. The monoisotopic (exact) mass is 244 g/mol. The van der Waals surface area contributed by atoms with E-state index in [1.807, 2.05) is 25.1 Å². The molecule has 0 N–H and O–H groups in total. The van der Waals surface area contributed by atoms with Gasteiger partial charge in [-0.1, -0.05) is 46.2 Å². The molecule has 0 unspecified atom stereocenters. The first kappa shape index (κ1) is 9.82. The highest BCUT2D eigenvalue weighted by molar-refractivity contribution is 9.09. The van der Waals surface area contributed by atoms with Gasteiger partial charge in [0, 0.05) is 10.4 Å². The third-order valence-corrected chi connectivity index (χ3v) is 2.83. The Hall–Kier alpha value is -0.270. The molecule has 0 aliphatic carbocycles. The Morgan fingerprint density at radius 3 is 2.75 bits per heavy atom. The molecule has 0 fully saturated rings. The van der Waals surface area contributed by atoms with E-state index in [-0.39, 0.29) is 0 Å². The summed E-state index contributed by atoms with van der Waals surface area (Å²) in [6.07, 6.45) is 0. The van der Waals surface area contributed by atoms with Gasteiger partial charge in [0.2, 0.25) is 0 Å². The molecule has 1 aromatic rings. The van der Waals surface area contributed by atoms with Crippen LogP contribution >= 0.6 is 27.5 Å². The Labute approximate surface area is 86.4 Å². The minimum absolute atomic E-state index is 0.800. The van der Waals surface area contributed by atoms with Gasteiger partial charge in [0.25, 0.3) is 0 Å². The summed E-state index contributed by atoms with van der Waals surface area (Å²) in [7, 11) is 0. The topological polar surface area (TPSA) is 0 Å². The van der Waals surface area contributed by atoms with Crippen LogP contribution in [0, 0.1) is 6.92 Å². The van der Waals surface area contributed by atoms with Crippen LogP contribution in [-0.2, 0) is 0 Å². The molecule has 0 amide bonds. The Morgan fingerprint density at radius 1 is 1.58 bits per heavy atom. The predicted molar refractivity (Wildman–Crippen MR) is 59.0 cm³/mol. The second-order valence-electron chi connectivity index (χ2n) is 2.70. The highest BCUT2D eigenvalue weighted by atomic mass is 79.9. The SMILES string of the molecule is C=C(CBr)c1ccc(Cl)c(C)c1. The van der Waals surface area contributed by atoms with Crippen LogP contribution in [-0.4, -0.2) is 5.33 Å². The summed E-state index contributed by atoms with van der Waals surface area (Å²) >= 11 is 9.25. The van der Waals surface area contributed by atoms with Crippen molar-refractivity contribution in [2.45, 2.75) is 6.92 Å². The lowest BCUT2D eigenvalue weighted by atomic mass is 10.1. The van der Waals surface area contributed by atoms with E-state index in [0.717, 1.165) is 27.1 Å². The van der Waals surface area contributed by atoms with Gasteiger partial charge in [-0.2, -0.15) is 0 Å².